The third kappa shape index (κ3) is 2.33. The van der Waals surface area contributed by atoms with E-state index in [4.69, 9.17) is 4.74 Å². The van der Waals surface area contributed by atoms with Crippen LogP contribution in [0.4, 0.5) is 0 Å². The Morgan fingerprint density at radius 3 is 2.35 bits per heavy atom. The summed E-state index contributed by atoms with van der Waals surface area (Å²) in [4.78, 5) is 0. The lowest BCUT2D eigenvalue weighted by atomic mass is 10.0. The van der Waals surface area contributed by atoms with E-state index in [-0.39, 0.29) is 6.10 Å². The Bertz CT molecular complexity index is 821. The van der Waals surface area contributed by atoms with Gasteiger partial charge in [-0.05, 0) is 48.2 Å². The summed E-state index contributed by atoms with van der Waals surface area (Å²) >= 11 is 0. The van der Waals surface area contributed by atoms with E-state index in [1.165, 1.54) is 16.2 Å². The predicted molar refractivity (Wildman–Crippen MR) is 85.0 cm³/mol. The smallest absolute Gasteiger partial charge is 0.156 e. The lowest BCUT2D eigenvalue weighted by molar-refractivity contribution is 0.282. The normalized spacial score (nSPS) is 11.9. The Kier molecular flexibility index (Phi) is 3.31. The van der Waals surface area contributed by atoms with Gasteiger partial charge in [0.25, 0.3) is 0 Å². The third-order valence-corrected chi connectivity index (χ3v) is 3.36. The zero-order chi connectivity index (χ0) is 13.9. The molecule has 0 amide bonds. The maximum atomic E-state index is 5.94. The van der Waals surface area contributed by atoms with Crippen molar-refractivity contribution in [3.63, 3.8) is 0 Å². The van der Waals surface area contributed by atoms with Gasteiger partial charge in [0.2, 0.25) is 0 Å². The van der Waals surface area contributed by atoms with Crippen LogP contribution in [-0.4, -0.2) is 6.10 Å². The van der Waals surface area contributed by atoms with Crippen LogP contribution in [0.2, 0.25) is 0 Å². The first-order chi connectivity index (χ1) is 9.78. The molecule has 0 fully saturated rings. The second kappa shape index (κ2) is 5.27. The lowest BCUT2D eigenvalue weighted by Gasteiger charge is -2.12. The maximum absolute atomic E-state index is 5.94. The van der Waals surface area contributed by atoms with E-state index in [0.717, 1.165) is 11.1 Å². The van der Waals surface area contributed by atoms with Crippen molar-refractivity contribution in [3.05, 3.63) is 54.6 Å². The second-order valence-corrected chi connectivity index (χ2v) is 4.83. The average molecular weight is 260 g/mol. The van der Waals surface area contributed by atoms with E-state index in [9.17, 15) is 0 Å². The minimum Gasteiger partial charge on any atom is -0.477 e. The van der Waals surface area contributed by atoms with Crippen LogP contribution in [0.25, 0.3) is 21.5 Å². The highest BCUT2D eigenvalue weighted by atomic mass is 16.5. The van der Waals surface area contributed by atoms with E-state index < -0.39 is 0 Å². The molecule has 0 bridgehead atoms. The molecule has 98 valence electrons. The van der Waals surface area contributed by atoms with Crippen LogP contribution >= 0.6 is 0 Å². The maximum Gasteiger partial charge on any atom is 0.156 e. The largest absolute Gasteiger partial charge is 0.477 e. The van der Waals surface area contributed by atoms with Gasteiger partial charge >= 0.3 is 0 Å². The monoisotopic (exact) mass is 260 g/mol. The molecule has 0 aliphatic carbocycles. The van der Waals surface area contributed by atoms with Gasteiger partial charge in [0.1, 0.15) is 5.75 Å². The summed E-state index contributed by atoms with van der Waals surface area (Å²) in [5.41, 5.74) is 0. The molecule has 0 radical (unpaired) electrons. The third-order valence-electron chi connectivity index (χ3n) is 3.36. The fraction of sp³-hybridized carbons (Fsp3) is 0.158. The highest BCUT2D eigenvalue weighted by Gasteiger charge is 2.06. The summed E-state index contributed by atoms with van der Waals surface area (Å²) in [6, 6.07) is 18.9. The van der Waals surface area contributed by atoms with Gasteiger partial charge in [-0.15, -0.1) is 5.92 Å². The summed E-state index contributed by atoms with van der Waals surface area (Å²) in [7, 11) is 0. The molecule has 0 saturated heterocycles. The van der Waals surface area contributed by atoms with E-state index >= 15 is 0 Å². The molecule has 0 spiro atoms. The van der Waals surface area contributed by atoms with Crippen LogP contribution in [0.3, 0.4) is 0 Å². The quantitative estimate of drug-likeness (QED) is 0.476. The summed E-state index contributed by atoms with van der Waals surface area (Å²) in [6.45, 7) is 3.80. The molecule has 1 unspecified atom stereocenters. The molecule has 0 aliphatic heterocycles. The highest BCUT2D eigenvalue weighted by Crippen LogP contribution is 2.30. The molecule has 1 nitrogen and oxygen atoms in total. The average Bonchev–Trinajstić information content (AvgIpc) is 2.46. The van der Waals surface area contributed by atoms with Crippen molar-refractivity contribution in [1.29, 1.82) is 0 Å². The Morgan fingerprint density at radius 1 is 0.900 bits per heavy atom. The number of fused-ring (bicyclic) bond motifs is 2. The molecule has 3 rings (SSSR count). The topological polar surface area (TPSA) is 9.23 Å². The fourth-order valence-electron chi connectivity index (χ4n) is 2.46. The molecule has 0 heterocycles. The standard InChI is InChI=1S/C19H16O/c1-3-7-14(2)20-19-11-6-10-17-12-15-8-4-5-9-16(15)13-18(17)19/h4-6,8-14H,1-2H3. The van der Waals surface area contributed by atoms with Crippen LogP contribution < -0.4 is 4.74 Å². The number of hydrogen-bond acceptors (Lipinski definition) is 1. The van der Waals surface area contributed by atoms with Crippen LogP contribution in [0.5, 0.6) is 5.75 Å². The van der Waals surface area contributed by atoms with Gasteiger partial charge in [0.15, 0.2) is 6.10 Å². The Balaban J connectivity index is 2.16. The molecule has 1 heteroatoms. The molecular formula is C19H16O. The summed E-state index contributed by atoms with van der Waals surface area (Å²) in [5, 5.41) is 4.80. The number of benzene rings is 3. The fourth-order valence-corrected chi connectivity index (χ4v) is 2.46. The van der Waals surface area contributed by atoms with Crippen LogP contribution in [0.1, 0.15) is 13.8 Å². The minimum atomic E-state index is -0.0999. The van der Waals surface area contributed by atoms with Crippen molar-refractivity contribution in [2.45, 2.75) is 20.0 Å². The molecule has 20 heavy (non-hydrogen) atoms. The molecule has 3 aromatic rings. The minimum absolute atomic E-state index is 0.0999. The van der Waals surface area contributed by atoms with E-state index in [0.29, 0.717) is 0 Å². The van der Waals surface area contributed by atoms with Crippen LogP contribution in [-0.2, 0) is 0 Å². The van der Waals surface area contributed by atoms with Gasteiger partial charge in [-0.25, -0.2) is 0 Å². The van der Waals surface area contributed by atoms with E-state index in [1.807, 2.05) is 26.0 Å². The van der Waals surface area contributed by atoms with Gasteiger partial charge < -0.3 is 4.74 Å². The first-order valence-corrected chi connectivity index (χ1v) is 6.78. The first kappa shape index (κ1) is 12.6. The van der Waals surface area contributed by atoms with Crippen molar-refractivity contribution in [3.8, 4) is 17.6 Å². The molecule has 0 aliphatic rings. The Labute approximate surface area is 119 Å². The molecule has 3 aromatic carbocycles. The molecule has 0 N–H and O–H groups in total. The van der Waals surface area contributed by atoms with Gasteiger partial charge in [0.05, 0.1) is 0 Å². The van der Waals surface area contributed by atoms with Gasteiger partial charge in [-0.1, -0.05) is 42.3 Å². The van der Waals surface area contributed by atoms with Gasteiger partial charge in [-0.2, -0.15) is 0 Å². The Hall–Kier alpha value is -2.46. The van der Waals surface area contributed by atoms with Crippen molar-refractivity contribution >= 4 is 21.5 Å². The zero-order valence-corrected chi connectivity index (χ0v) is 11.7. The molecule has 0 saturated carbocycles. The second-order valence-electron chi connectivity index (χ2n) is 4.83. The summed E-state index contributed by atoms with van der Waals surface area (Å²) in [6.07, 6.45) is -0.0999. The van der Waals surface area contributed by atoms with Gasteiger partial charge in [0, 0.05) is 5.39 Å². The van der Waals surface area contributed by atoms with E-state index in [1.54, 1.807) is 0 Å². The predicted octanol–water partition coefficient (Wildman–Crippen LogP) is 4.78. The summed E-state index contributed by atoms with van der Waals surface area (Å²) < 4.78 is 5.94. The molecule has 1 atom stereocenters. The first-order valence-electron chi connectivity index (χ1n) is 6.78. The highest BCUT2D eigenvalue weighted by molar-refractivity contribution is 6.00. The van der Waals surface area contributed by atoms with E-state index in [2.05, 4.69) is 54.3 Å². The number of rotatable bonds is 2. The van der Waals surface area contributed by atoms with Crippen molar-refractivity contribution in [2.75, 3.05) is 0 Å². The SMILES string of the molecule is CC#CC(C)Oc1cccc2cc3ccccc3cc12. The van der Waals surface area contributed by atoms with Crippen LogP contribution in [0.15, 0.2) is 54.6 Å². The molecular weight excluding hydrogens is 244 g/mol. The van der Waals surface area contributed by atoms with Crippen molar-refractivity contribution in [1.82, 2.24) is 0 Å². The van der Waals surface area contributed by atoms with Crippen LogP contribution in [0, 0.1) is 11.8 Å². The van der Waals surface area contributed by atoms with Gasteiger partial charge in [-0.3, -0.25) is 0 Å². The zero-order valence-electron chi connectivity index (χ0n) is 11.7. The van der Waals surface area contributed by atoms with Crippen molar-refractivity contribution < 1.29 is 4.74 Å². The van der Waals surface area contributed by atoms with Crippen molar-refractivity contribution in [2.24, 2.45) is 0 Å². The lowest BCUT2D eigenvalue weighted by Crippen LogP contribution is -2.08. The Morgan fingerprint density at radius 2 is 1.60 bits per heavy atom. The number of ether oxygens (including phenoxy) is 1. The summed E-state index contributed by atoms with van der Waals surface area (Å²) in [5.74, 6) is 6.81. The number of hydrogen-bond donors (Lipinski definition) is 0. The molecule has 0 aromatic heterocycles.